The van der Waals surface area contributed by atoms with Gasteiger partial charge in [0.1, 0.15) is 5.82 Å². The van der Waals surface area contributed by atoms with Crippen molar-refractivity contribution in [1.82, 2.24) is 19.6 Å². The molecule has 3 rings (SSSR count). The Kier molecular flexibility index (Phi) is 3.71. The standard InChI is InChI=1S/C13H14BrN5S/c1-8-5-11(19-12(17-8)6-9(2)18-19)15-4-3-13-16-7-10(14)20-13/h5-7,15H,3-4H2,1-2H3. The molecule has 0 fully saturated rings. The molecule has 0 radical (unpaired) electrons. The Morgan fingerprint density at radius 1 is 1.30 bits per heavy atom. The van der Waals surface area contributed by atoms with Crippen molar-refractivity contribution >= 4 is 38.7 Å². The highest BCUT2D eigenvalue weighted by molar-refractivity contribution is 9.11. The number of hydrogen-bond acceptors (Lipinski definition) is 5. The van der Waals surface area contributed by atoms with Gasteiger partial charge < -0.3 is 5.32 Å². The average Bonchev–Trinajstić information content (AvgIpc) is 2.94. The van der Waals surface area contributed by atoms with Crippen molar-refractivity contribution in [3.8, 4) is 0 Å². The lowest BCUT2D eigenvalue weighted by atomic mass is 10.4. The van der Waals surface area contributed by atoms with Crippen LogP contribution < -0.4 is 5.32 Å². The van der Waals surface area contributed by atoms with Crippen LogP contribution in [0.4, 0.5) is 5.82 Å². The van der Waals surface area contributed by atoms with E-state index in [-0.39, 0.29) is 0 Å². The molecule has 3 aromatic rings. The molecule has 0 aromatic carbocycles. The lowest BCUT2D eigenvalue weighted by Crippen LogP contribution is -2.10. The monoisotopic (exact) mass is 351 g/mol. The van der Waals surface area contributed by atoms with E-state index < -0.39 is 0 Å². The lowest BCUT2D eigenvalue weighted by Gasteiger charge is -2.08. The molecule has 0 saturated heterocycles. The smallest absolute Gasteiger partial charge is 0.157 e. The zero-order chi connectivity index (χ0) is 14.1. The third kappa shape index (κ3) is 2.83. The van der Waals surface area contributed by atoms with Gasteiger partial charge in [0, 0.05) is 30.8 Å². The topological polar surface area (TPSA) is 55.1 Å². The number of nitrogens with one attached hydrogen (secondary N) is 1. The number of hydrogen-bond donors (Lipinski definition) is 1. The predicted molar refractivity (Wildman–Crippen MR) is 84.5 cm³/mol. The van der Waals surface area contributed by atoms with Gasteiger partial charge in [0.25, 0.3) is 0 Å². The van der Waals surface area contributed by atoms with E-state index >= 15 is 0 Å². The molecule has 1 N–H and O–H groups in total. The first kappa shape index (κ1) is 13.5. The second-order valence-electron chi connectivity index (χ2n) is 4.57. The molecule has 0 aliphatic carbocycles. The van der Waals surface area contributed by atoms with Gasteiger partial charge in [0.2, 0.25) is 0 Å². The first-order valence-electron chi connectivity index (χ1n) is 6.30. The largest absolute Gasteiger partial charge is 0.369 e. The Morgan fingerprint density at radius 2 is 2.15 bits per heavy atom. The number of halogens is 1. The second kappa shape index (κ2) is 5.49. The molecule has 7 heteroatoms. The lowest BCUT2D eigenvalue weighted by molar-refractivity contribution is 0.890. The fourth-order valence-electron chi connectivity index (χ4n) is 2.04. The number of nitrogens with zero attached hydrogens (tertiary/aromatic N) is 4. The molecule has 0 bridgehead atoms. The van der Waals surface area contributed by atoms with E-state index in [9.17, 15) is 0 Å². The third-order valence-electron chi connectivity index (χ3n) is 2.85. The Bertz CT molecular complexity index is 748. The van der Waals surface area contributed by atoms with Gasteiger partial charge in [-0.1, -0.05) is 0 Å². The molecule has 0 unspecified atom stereocenters. The van der Waals surface area contributed by atoms with Crippen molar-refractivity contribution in [2.45, 2.75) is 20.3 Å². The van der Waals surface area contributed by atoms with Gasteiger partial charge in [-0.15, -0.1) is 11.3 Å². The fourth-order valence-corrected chi connectivity index (χ4v) is 3.34. The first-order valence-corrected chi connectivity index (χ1v) is 7.91. The maximum atomic E-state index is 4.47. The molecule has 3 heterocycles. The van der Waals surface area contributed by atoms with Gasteiger partial charge in [-0.25, -0.2) is 9.97 Å². The van der Waals surface area contributed by atoms with Gasteiger partial charge in [-0.3, -0.25) is 0 Å². The van der Waals surface area contributed by atoms with Crippen LogP contribution in [0.25, 0.3) is 5.65 Å². The second-order valence-corrected chi connectivity index (χ2v) is 7.07. The van der Waals surface area contributed by atoms with Gasteiger partial charge >= 0.3 is 0 Å². The highest BCUT2D eigenvalue weighted by atomic mass is 79.9. The molecule has 20 heavy (non-hydrogen) atoms. The van der Waals surface area contributed by atoms with Crippen LogP contribution in [-0.2, 0) is 6.42 Å². The molecule has 0 spiro atoms. The van der Waals surface area contributed by atoms with Crippen LogP contribution in [0.15, 0.2) is 22.1 Å². The molecule has 0 aliphatic rings. The van der Waals surface area contributed by atoms with E-state index in [0.717, 1.165) is 44.6 Å². The van der Waals surface area contributed by atoms with E-state index in [1.54, 1.807) is 11.3 Å². The summed E-state index contributed by atoms with van der Waals surface area (Å²) in [4.78, 5) is 8.80. The van der Waals surface area contributed by atoms with Crippen LogP contribution in [0, 0.1) is 13.8 Å². The van der Waals surface area contributed by atoms with Crippen LogP contribution in [0.1, 0.15) is 16.4 Å². The Labute approximate surface area is 129 Å². The van der Waals surface area contributed by atoms with Gasteiger partial charge in [0.05, 0.1) is 20.7 Å². The zero-order valence-corrected chi connectivity index (χ0v) is 13.6. The maximum Gasteiger partial charge on any atom is 0.157 e. The Hall–Kier alpha value is -1.47. The highest BCUT2D eigenvalue weighted by Crippen LogP contribution is 2.19. The SMILES string of the molecule is Cc1cc(NCCc2ncc(Br)s2)n2nc(C)cc2n1. The highest BCUT2D eigenvalue weighted by Gasteiger charge is 2.06. The quantitative estimate of drug-likeness (QED) is 0.783. The van der Waals surface area contributed by atoms with Crippen molar-refractivity contribution in [2.75, 3.05) is 11.9 Å². The minimum Gasteiger partial charge on any atom is -0.369 e. The summed E-state index contributed by atoms with van der Waals surface area (Å²) in [5, 5.41) is 8.98. The molecule has 104 valence electrons. The number of fused-ring (bicyclic) bond motifs is 1. The van der Waals surface area contributed by atoms with Crippen molar-refractivity contribution in [1.29, 1.82) is 0 Å². The Balaban J connectivity index is 1.76. The zero-order valence-electron chi connectivity index (χ0n) is 11.2. The summed E-state index contributed by atoms with van der Waals surface area (Å²) in [5.74, 6) is 0.969. The summed E-state index contributed by atoms with van der Waals surface area (Å²) in [7, 11) is 0. The summed E-state index contributed by atoms with van der Waals surface area (Å²) in [6.45, 7) is 4.78. The minimum atomic E-state index is 0.817. The van der Waals surface area contributed by atoms with Gasteiger partial charge in [0.15, 0.2) is 5.65 Å². The van der Waals surface area contributed by atoms with E-state index in [2.05, 4.69) is 36.3 Å². The molecule has 0 atom stereocenters. The number of anilines is 1. The fraction of sp³-hybridized carbons (Fsp3) is 0.308. The van der Waals surface area contributed by atoms with Gasteiger partial charge in [-0.05, 0) is 29.8 Å². The summed E-state index contributed by atoms with van der Waals surface area (Å²) in [6, 6.07) is 3.99. The van der Waals surface area contributed by atoms with Crippen LogP contribution in [0.2, 0.25) is 0 Å². The molecule has 0 saturated carbocycles. The first-order chi connectivity index (χ1) is 9.61. The number of rotatable bonds is 4. The maximum absolute atomic E-state index is 4.47. The molecular weight excluding hydrogens is 338 g/mol. The molecule has 5 nitrogen and oxygen atoms in total. The molecule has 3 aromatic heterocycles. The van der Waals surface area contributed by atoms with Crippen molar-refractivity contribution in [3.63, 3.8) is 0 Å². The predicted octanol–water partition coefficient (Wildman–Crippen LogP) is 3.22. The van der Waals surface area contributed by atoms with Crippen LogP contribution in [0.5, 0.6) is 0 Å². The average molecular weight is 352 g/mol. The number of thiazole rings is 1. The normalized spacial score (nSPS) is 11.2. The third-order valence-corrected chi connectivity index (χ3v) is 4.38. The van der Waals surface area contributed by atoms with Crippen molar-refractivity contribution in [2.24, 2.45) is 0 Å². The number of aromatic nitrogens is 4. The van der Waals surface area contributed by atoms with Crippen LogP contribution in [-0.4, -0.2) is 26.1 Å². The van der Waals surface area contributed by atoms with E-state index in [0.29, 0.717) is 0 Å². The summed E-state index contributed by atoms with van der Waals surface area (Å²) in [6.07, 6.45) is 2.73. The van der Waals surface area contributed by atoms with E-state index in [1.165, 1.54) is 0 Å². The van der Waals surface area contributed by atoms with Crippen molar-refractivity contribution in [3.05, 3.63) is 38.5 Å². The number of aryl methyl sites for hydroxylation is 2. The summed E-state index contributed by atoms with van der Waals surface area (Å²) < 4.78 is 2.91. The van der Waals surface area contributed by atoms with Crippen LogP contribution >= 0.6 is 27.3 Å². The van der Waals surface area contributed by atoms with Gasteiger partial charge in [-0.2, -0.15) is 9.61 Å². The summed E-state index contributed by atoms with van der Waals surface area (Å²) in [5.41, 5.74) is 2.83. The molecular formula is C13H14BrN5S. The van der Waals surface area contributed by atoms with Crippen molar-refractivity contribution < 1.29 is 0 Å². The minimum absolute atomic E-state index is 0.817. The van der Waals surface area contributed by atoms with Crippen LogP contribution in [0.3, 0.4) is 0 Å². The molecule has 0 amide bonds. The Morgan fingerprint density at radius 3 is 2.90 bits per heavy atom. The summed E-state index contributed by atoms with van der Waals surface area (Å²) >= 11 is 5.09. The van der Waals surface area contributed by atoms with E-state index in [4.69, 9.17) is 0 Å². The van der Waals surface area contributed by atoms with E-state index in [1.807, 2.05) is 36.7 Å². The molecule has 0 aliphatic heterocycles.